The van der Waals surface area contributed by atoms with Gasteiger partial charge in [0.25, 0.3) is 10.1 Å². The fraction of sp³-hybridized carbons (Fsp3) is 0.429. The molecule has 1 N–H and O–H groups in total. The summed E-state index contributed by atoms with van der Waals surface area (Å²) in [5, 5.41) is 0. The molecule has 9 heteroatoms. The fourth-order valence-electron chi connectivity index (χ4n) is 1.55. The van der Waals surface area contributed by atoms with E-state index in [1.165, 1.54) is 0 Å². The van der Waals surface area contributed by atoms with Crippen molar-refractivity contribution in [2.45, 2.75) is 44.8 Å². The summed E-state index contributed by atoms with van der Waals surface area (Å²) in [6.07, 6.45) is -0.846. The molecule has 0 spiro atoms. The molecule has 0 saturated heterocycles. The second-order valence-corrected chi connectivity index (χ2v) is 6.55. The number of hydrogen-bond donors (Lipinski definition) is 1. The van der Waals surface area contributed by atoms with Gasteiger partial charge >= 0.3 is 35.0 Å². The van der Waals surface area contributed by atoms with Crippen molar-refractivity contribution in [1.29, 1.82) is 0 Å². The van der Waals surface area contributed by atoms with Gasteiger partial charge in [-0.15, -0.1) is 0 Å². The van der Waals surface area contributed by atoms with Crippen LogP contribution in [0.1, 0.15) is 51.3 Å². The van der Waals surface area contributed by atoms with Crippen LogP contribution in [0.4, 0.5) is 0 Å². The van der Waals surface area contributed by atoms with Crippen molar-refractivity contribution in [3.8, 4) is 0 Å². The Kier molecular flexibility index (Phi) is 8.19. The number of carbonyl (C=O) groups excluding carboxylic acids is 2. The molecule has 0 saturated carbocycles. The molecule has 1 aromatic rings. The zero-order valence-corrected chi connectivity index (χ0v) is 15.6. The van der Waals surface area contributed by atoms with Crippen LogP contribution in [0, 0.1) is 0 Å². The van der Waals surface area contributed by atoms with Crippen LogP contribution in [0.2, 0.25) is 0 Å². The summed E-state index contributed by atoms with van der Waals surface area (Å²) in [4.78, 5) is 23.2. The quantitative estimate of drug-likeness (QED) is 0.487. The number of esters is 2. The van der Waals surface area contributed by atoms with Gasteiger partial charge in [0.15, 0.2) is 0 Å². The standard InChI is InChI=1S/C14H18O7S.Mg.2H/c1-8(2)20-13(15)10-5-11(14(16)21-9(3)4)7-12(6-10)22(17,18)19;;;/h5-9H,1-4H3,(H,17,18,19);;;/q;+2;2*-1. The number of hydrogen-bond acceptors (Lipinski definition) is 6. The molecule has 0 aliphatic heterocycles. The third kappa shape index (κ3) is 6.86. The first-order chi connectivity index (χ1) is 10.0. The van der Waals surface area contributed by atoms with E-state index in [1.807, 2.05) is 0 Å². The van der Waals surface area contributed by atoms with Crippen molar-refractivity contribution in [2.24, 2.45) is 0 Å². The third-order valence-electron chi connectivity index (χ3n) is 2.36. The molecule has 23 heavy (non-hydrogen) atoms. The van der Waals surface area contributed by atoms with Crippen molar-refractivity contribution in [3.05, 3.63) is 29.3 Å². The van der Waals surface area contributed by atoms with Crippen LogP contribution >= 0.6 is 0 Å². The van der Waals surface area contributed by atoms with E-state index in [1.54, 1.807) is 27.7 Å². The minimum absolute atomic E-state index is 0. The molecule has 0 bridgehead atoms. The Morgan fingerprint density at radius 1 is 0.957 bits per heavy atom. The Hall–Kier alpha value is -1.16. The molecule has 0 aliphatic carbocycles. The van der Waals surface area contributed by atoms with E-state index in [4.69, 9.17) is 14.0 Å². The summed E-state index contributed by atoms with van der Waals surface area (Å²) in [6, 6.07) is 3.03. The van der Waals surface area contributed by atoms with E-state index in [0.717, 1.165) is 18.2 Å². The van der Waals surface area contributed by atoms with E-state index in [-0.39, 0.29) is 37.0 Å². The summed E-state index contributed by atoms with van der Waals surface area (Å²) in [7, 11) is -4.59. The summed E-state index contributed by atoms with van der Waals surface area (Å²) in [5.41, 5.74) is -0.334. The first-order valence-electron chi connectivity index (χ1n) is 6.55. The van der Waals surface area contributed by atoms with Gasteiger partial charge in [0.1, 0.15) is 0 Å². The van der Waals surface area contributed by atoms with Crippen LogP contribution in [0.3, 0.4) is 0 Å². The van der Waals surface area contributed by atoms with Crippen LogP contribution in [0.25, 0.3) is 0 Å². The molecule has 0 atom stereocenters. The smallest absolute Gasteiger partial charge is 1.00 e. The molecule has 0 fully saturated rings. The van der Waals surface area contributed by atoms with Crippen LogP contribution in [-0.4, -0.2) is 60.2 Å². The van der Waals surface area contributed by atoms with E-state index in [0.29, 0.717) is 0 Å². The summed E-state index contributed by atoms with van der Waals surface area (Å²) in [5.74, 6) is -1.61. The Morgan fingerprint density at radius 3 is 1.57 bits per heavy atom. The zero-order chi connectivity index (χ0) is 17.1. The molecular formula is C14H20MgO7S. The number of ether oxygens (including phenoxy) is 2. The zero-order valence-electron chi connectivity index (χ0n) is 15.4. The Labute approximate surface area is 154 Å². The fourth-order valence-corrected chi connectivity index (χ4v) is 2.10. The normalized spacial score (nSPS) is 11.1. The topological polar surface area (TPSA) is 107 Å². The van der Waals surface area contributed by atoms with Crippen LogP contribution in [-0.2, 0) is 19.6 Å². The van der Waals surface area contributed by atoms with Gasteiger partial charge in [-0.1, -0.05) is 0 Å². The van der Waals surface area contributed by atoms with Gasteiger partial charge in [-0.25, -0.2) is 9.59 Å². The van der Waals surface area contributed by atoms with Gasteiger partial charge in [-0.05, 0) is 45.9 Å². The van der Waals surface area contributed by atoms with Gasteiger partial charge in [0, 0.05) is 0 Å². The monoisotopic (exact) mass is 356 g/mol. The van der Waals surface area contributed by atoms with E-state index in [9.17, 15) is 18.0 Å². The van der Waals surface area contributed by atoms with E-state index in [2.05, 4.69) is 0 Å². The molecular weight excluding hydrogens is 337 g/mol. The number of rotatable bonds is 5. The molecule has 1 rings (SSSR count). The number of carbonyl (C=O) groups is 2. The molecule has 0 unspecified atom stereocenters. The van der Waals surface area contributed by atoms with Gasteiger partial charge in [0.05, 0.1) is 28.2 Å². The van der Waals surface area contributed by atoms with Gasteiger partial charge in [0.2, 0.25) is 0 Å². The average molecular weight is 357 g/mol. The maximum absolute atomic E-state index is 11.9. The molecule has 0 heterocycles. The van der Waals surface area contributed by atoms with Crippen molar-refractivity contribution < 1.29 is 34.9 Å². The molecule has 126 valence electrons. The predicted molar refractivity (Wildman–Crippen MR) is 85.3 cm³/mol. The average Bonchev–Trinajstić information content (AvgIpc) is 2.35. The van der Waals surface area contributed by atoms with Crippen LogP contribution in [0.5, 0.6) is 0 Å². The molecule has 7 nitrogen and oxygen atoms in total. The summed E-state index contributed by atoms with van der Waals surface area (Å²) >= 11 is 0. The predicted octanol–water partition coefficient (Wildman–Crippen LogP) is 1.91. The Balaban J connectivity index is -0.00000161. The maximum Gasteiger partial charge on any atom is 2.00 e. The third-order valence-corrected chi connectivity index (χ3v) is 3.19. The van der Waals surface area contributed by atoms with Gasteiger partial charge < -0.3 is 12.3 Å². The van der Waals surface area contributed by atoms with E-state index < -0.39 is 39.2 Å². The summed E-state index contributed by atoms with van der Waals surface area (Å²) < 4.78 is 41.6. The molecule has 0 aliphatic rings. The van der Waals surface area contributed by atoms with Crippen molar-refractivity contribution in [2.75, 3.05) is 0 Å². The number of benzene rings is 1. The maximum atomic E-state index is 11.9. The second kappa shape index (κ2) is 8.62. The minimum Gasteiger partial charge on any atom is -1.00 e. The molecule has 1 aromatic carbocycles. The van der Waals surface area contributed by atoms with Crippen molar-refractivity contribution in [1.82, 2.24) is 0 Å². The van der Waals surface area contributed by atoms with Crippen LogP contribution in [0.15, 0.2) is 23.1 Å². The minimum atomic E-state index is -4.59. The molecule has 0 aromatic heterocycles. The Bertz CT molecular complexity index is 650. The van der Waals surface area contributed by atoms with E-state index >= 15 is 0 Å². The van der Waals surface area contributed by atoms with Crippen molar-refractivity contribution in [3.63, 3.8) is 0 Å². The SMILES string of the molecule is CC(C)OC(=O)c1cc(C(=O)OC(C)C)cc(S(=O)(=O)O)c1.[H-].[H-].[Mg+2]. The first-order valence-corrected chi connectivity index (χ1v) is 7.99. The Morgan fingerprint density at radius 2 is 1.30 bits per heavy atom. The summed E-state index contributed by atoms with van der Waals surface area (Å²) in [6.45, 7) is 6.49. The second-order valence-electron chi connectivity index (χ2n) is 5.13. The van der Waals surface area contributed by atoms with Crippen LogP contribution < -0.4 is 0 Å². The molecule has 0 amide bonds. The van der Waals surface area contributed by atoms with Gasteiger partial charge in [-0.2, -0.15) is 8.42 Å². The van der Waals surface area contributed by atoms with Gasteiger partial charge in [-0.3, -0.25) is 4.55 Å². The van der Waals surface area contributed by atoms with Crippen molar-refractivity contribution >= 4 is 45.1 Å². The largest absolute Gasteiger partial charge is 2.00 e. The first kappa shape index (κ1) is 21.8. The molecule has 0 radical (unpaired) electrons.